The first kappa shape index (κ1) is 14.1. The molecule has 1 aromatic heterocycles. The molecule has 4 nitrogen and oxygen atoms in total. The second-order valence-electron chi connectivity index (χ2n) is 5.11. The Labute approximate surface area is 128 Å². The van der Waals surface area contributed by atoms with E-state index in [4.69, 9.17) is 9.63 Å². The van der Waals surface area contributed by atoms with E-state index in [9.17, 15) is 4.79 Å². The van der Waals surface area contributed by atoms with E-state index in [1.54, 1.807) is 18.2 Å². The molecule has 0 radical (unpaired) electrons. The Balaban J connectivity index is 2.02. The zero-order chi connectivity index (χ0) is 15.5. The van der Waals surface area contributed by atoms with E-state index in [0.29, 0.717) is 12.2 Å². The summed E-state index contributed by atoms with van der Waals surface area (Å²) in [6.07, 6.45) is 0.644. The lowest BCUT2D eigenvalue weighted by Crippen LogP contribution is -1.97. The minimum absolute atomic E-state index is 0.253. The largest absolute Gasteiger partial charge is 0.478 e. The van der Waals surface area contributed by atoms with Crippen LogP contribution in [0.25, 0.3) is 11.1 Å². The van der Waals surface area contributed by atoms with E-state index in [2.05, 4.69) is 5.16 Å². The van der Waals surface area contributed by atoms with Crippen molar-refractivity contribution < 1.29 is 14.4 Å². The molecule has 0 fully saturated rings. The monoisotopic (exact) mass is 293 g/mol. The third kappa shape index (κ3) is 2.76. The Hall–Kier alpha value is -2.88. The smallest absolute Gasteiger partial charge is 0.335 e. The number of carbonyl (C=O) groups is 1. The molecule has 110 valence electrons. The number of aromatic nitrogens is 1. The van der Waals surface area contributed by atoms with Gasteiger partial charge in [0.05, 0.1) is 11.3 Å². The summed E-state index contributed by atoms with van der Waals surface area (Å²) in [5, 5.41) is 13.3. The van der Waals surface area contributed by atoms with Crippen LogP contribution in [-0.2, 0) is 6.42 Å². The van der Waals surface area contributed by atoms with Crippen LogP contribution in [0.4, 0.5) is 0 Å². The van der Waals surface area contributed by atoms with Gasteiger partial charge in [-0.2, -0.15) is 0 Å². The first-order valence-electron chi connectivity index (χ1n) is 6.98. The van der Waals surface area contributed by atoms with Gasteiger partial charge in [-0.05, 0) is 30.2 Å². The molecule has 0 saturated heterocycles. The summed E-state index contributed by atoms with van der Waals surface area (Å²) >= 11 is 0. The SMILES string of the molecule is Cc1onc(Cc2ccccc2)c1-c1cccc(C(=O)O)c1. The predicted molar refractivity (Wildman–Crippen MR) is 82.9 cm³/mol. The van der Waals surface area contributed by atoms with Gasteiger partial charge in [0.15, 0.2) is 0 Å². The maximum absolute atomic E-state index is 11.1. The maximum atomic E-state index is 11.1. The molecule has 0 amide bonds. The third-order valence-electron chi connectivity index (χ3n) is 3.55. The van der Waals surface area contributed by atoms with Gasteiger partial charge in [0.1, 0.15) is 5.76 Å². The van der Waals surface area contributed by atoms with Crippen molar-refractivity contribution in [2.24, 2.45) is 0 Å². The van der Waals surface area contributed by atoms with E-state index in [0.717, 1.165) is 22.4 Å². The number of aryl methyl sites for hydroxylation is 1. The molecule has 4 heteroatoms. The highest BCUT2D eigenvalue weighted by molar-refractivity contribution is 5.89. The number of carboxylic acid groups (broad SMARTS) is 1. The van der Waals surface area contributed by atoms with Gasteiger partial charge in [-0.1, -0.05) is 47.6 Å². The molecule has 0 saturated carbocycles. The van der Waals surface area contributed by atoms with Crippen molar-refractivity contribution in [1.29, 1.82) is 0 Å². The number of hydrogen-bond donors (Lipinski definition) is 1. The Morgan fingerprint density at radius 3 is 2.64 bits per heavy atom. The maximum Gasteiger partial charge on any atom is 0.335 e. The summed E-state index contributed by atoms with van der Waals surface area (Å²) < 4.78 is 5.33. The van der Waals surface area contributed by atoms with Crippen LogP contribution in [0.5, 0.6) is 0 Å². The molecular formula is C18H15NO3. The van der Waals surface area contributed by atoms with Crippen molar-refractivity contribution >= 4 is 5.97 Å². The number of benzene rings is 2. The van der Waals surface area contributed by atoms with Gasteiger partial charge in [0.25, 0.3) is 0 Å². The van der Waals surface area contributed by atoms with E-state index in [1.165, 1.54) is 0 Å². The molecule has 0 aliphatic heterocycles. The lowest BCUT2D eigenvalue weighted by Gasteiger charge is -2.04. The van der Waals surface area contributed by atoms with Crippen molar-refractivity contribution in [1.82, 2.24) is 5.16 Å². The van der Waals surface area contributed by atoms with Crippen LogP contribution in [0.15, 0.2) is 59.1 Å². The van der Waals surface area contributed by atoms with E-state index >= 15 is 0 Å². The van der Waals surface area contributed by atoms with Gasteiger partial charge >= 0.3 is 5.97 Å². The summed E-state index contributed by atoms with van der Waals surface area (Å²) in [7, 11) is 0. The quantitative estimate of drug-likeness (QED) is 0.791. The second kappa shape index (κ2) is 5.85. The average Bonchev–Trinajstić information content (AvgIpc) is 2.89. The second-order valence-corrected chi connectivity index (χ2v) is 5.11. The van der Waals surface area contributed by atoms with Crippen molar-refractivity contribution in [2.45, 2.75) is 13.3 Å². The number of carboxylic acids is 1. The predicted octanol–water partition coefficient (Wildman–Crippen LogP) is 3.94. The molecule has 2 aromatic carbocycles. The van der Waals surface area contributed by atoms with Crippen LogP contribution in [0.3, 0.4) is 0 Å². The zero-order valence-corrected chi connectivity index (χ0v) is 12.1. The van der Waals surface area contributed by atoms with Crippen LogP contribution < -0.4 is 0 Å². The summed E-state index contributed by atoms with van der Waals surface area (Å²) in [6.45, 7) is 1.84. The van der Waals surface area contributed by atoms with Gasteiger partial charge in [0, 0.05) is 12.0 Å². The number of aromatic carboxylic acids is 1. The molecular weight excluding hydrogens is 278 g/mol. The van der Waals surface area contributed by atoms with Crippen LogP contribution in [0.2, 0.25) is 0 Å². The van der Waals surface area contributed by atoms with Crippen LogP contribution in [0.1, 0.15) is 27.4 Å². The molecule has 22 heavy (non-hydrogen) atoms. The lowest BCUT2D eigenvalue weighted by molar-refractivity contribution is 0.0697. The lowest BCUT2D eigenvalue weighted by atomic mass is 9.98. The Bertz CT molecular complexity index is 806. The minimum atomic E-state index is -0.944. The number of rotatable bonds is 4. The van der Waals surface area contributed by atoms with Gasteiger partial charge in [-0.25, -0.2) is 4.79 Å². The summed E-state index contributed by atoms with van der Waals surface area (Å²) in [5.74, 6) is -0.256. The zero-order valence-electron chi connectivity index (χ0n) is 12.1. The number of nitrogens with zero attached hydrogens (tertiary/aromatic N) is 1. The van der Waals surface area contributed by atoms with Gasteiger partial charge in [-0.3, -0.25) is 0 Å². The Kier molecular flexibility index (Phi) is 3.74. The van der Waals surface area contributed by atoms with E-state index in [-0.39, 0.29) is 5.56 Å². The van der Waals surface area contributed by atoms with E-state index < -0.39 is 5.97 Å². The highest BCUT2D eigenvalue weighted by Gasteiger charge is 2.16. The summed E-state index contributed by atoms with van der Waals surface area (Å²) in [5.41, 5.74) is 3.87. The van der Waals surface area contributed by atoms with Gasteiger partial charge in [0.2, 0.25) is 0 Å². The molecule has 1 heterocycles. The van der Waals surface area contributed by atoms with Crippen LogP contribution in [0, 0.1) is 6.92 Å². The van der Waals surface area contributed by atoms with Crippen LogP contribution >= 0.6 is 0 Å². The Morgan fingerprint density at radius 2 is 1.91 bits per heavy atom. The van der Waals surface area contributed by atoms with Crippen LogP contribution in [-0.4, -0.2) is 16.2 Å². The molecule has 0 unspecified atom stereocenters. The summed E-state index contributed by atoms with van der Waals surface area (Å²) in [6, 6.07) is 16.8. The van der Waals surface area contributed by atoms with Gasteiger partial charge < -0.3 is 9.63 Å². The minimum Gasteiger partial charge on any atom is -0.478 e. The van der Waals surface area contributed by atoms with Crippen molar-refractivity contribution in [2.75, 3.05) is 0 Å². The highest BCUT2D eigenvalue weighted by Crippen LogP contribution is 2.29. The third-order valence-corrected chi connectivity index (χ3v) is 3.55. The standard InChI is InChI=1S/C18H15NO3/c1-12-17(14-8-5-9-15(11-14)18(20)21)16(19-22-12)10-13-6-3-2-4-7-13/h2-9,11H,10H2,1H3,(H,20,21). The molecule has 0 atom stereocenters. The summed E-state index contributed by atoms with van der Waals surface area (Å²) in [4.78, 5) is 11.1. The molecule has 0 aliphatic carbocycles. The average molecular weight is 293 g/mol. The fourth-order valence-corrected chi connectivity index (χ4v) is 2.51. The topological polar surface area (TPSA) is 63.3 Å². The van der Waals surface area contributed by atoms with Crippen molar-refractivity contribution in [3.8, 4) is 11.1 Å². The molecule has 3 aromatic rings. The highest BCUT2D eigenvalue weighted by atomic mass is 16.5. The number of hydrogen-bond acceptors (Lipinski definition) is 3. The molecule has 0 bridgehead atoms. The normalized spacial score (nSPS) is 10.6. The first-order valence-corrected chi connectivity index (χ1v) is 6.98. The van der Waals surface area contributed by atoms with E-state index in [1.807, 2.05) is 43.3 Å². The molecule has 0 spiro atoms. The molecule has 0 aliphatic rings. The van der Waals surface area contributed by atoms with Crippen molar-refractivity contribution in [3.63, 3.8) is 0 Å². The molecule has 3 rings (SSSR count). The fraction of sp³-hybridized carbons (Fsp3) is 0.111. The molecule has 1 N–H and O–H groups in total. The fourth-order valence-electron chi connectivity index (χ4n) is 2.51. The first-order chi connectivity index (χ1) is 10.6. The van der Waals surface area contributed by atoms with Gasteiger partial charge in [-0.15, -0.1) is 0 Å². The Morgan fingerprint density at radius 1 is 1.14 bits per heavy atom. The van der Waals surface area contributed by atoms with Crippen molar-refractivity contribution in [3.05, 3.63) is 77.2 Å².